The van der Waals surface area contributed by atoms with Crippen molar-refractivity contribution in [2.45, 2.75) is 45.1 Å². The molecule has 1 unspecified atom stereocenters. The van der Waals surface area contributed by atoms with Gasteiger partial charge in [-0.15, -0.1) is 11.8 Å². The highest BCUT2D eigenvalue weighted by Crippen LogP contribution is 2.21. The minimum absolute atomic E-state index is 0.106. The summed E-state index contributed by atoms with van der Waals surface area (Å²) in [5, 5.41) is 0. The van der Waals surface area contributed by atoms with Crippen molar-refractivity contribution in [1.82, 2.24) is 0 Å². The van der Waals surface area contributed by atoms with Gasteiger partial charge < -0.3 is 4.74 Å². The van der Waals surface area contributed by atoms with Gasteiger partial charge in [0.25, 0.3) is 0 Å². The number of benzene rings is 1. The van der Waals surface area contributed by atoms with Crippen molar-refractivity contribution in [2.24, 2.45) is 5.92 Å². The molecule has 0 saturated carbocycles. The maximum absolute atomic E-state index is 12.0. The Bertz CT molecular complexity index is 489. The molecule has 0 aromatic heterocycles. The predicted octanol–water partition coefficient (Wildman–Crippen LogP) is 3.63. The molecule has 1 aromatic rings. The molecular weight excluding hydrogens is 272 g/mol. The van der Waals surface area contributed by atoms with Gasteiger partial charge in [-0.3, -0.25) is 9.59 Å². The lowest BCUT2D eigenvalue weighted by atomic mass is 10.1. The van der Waals surface area contributed by atoms with Gasteiger partial charge in [-0.2, -0.15) is 0 Å². The average molecular weight is 294 g/mol. The first-order valence-electron chi connectivity index (χ1n) is 6.64. The van der Waals surface area contributed by atoms with E-state index in [4.69, 9.17) is 4.74 Å². The summed E-state index contributed by atoms with van der Waals surface area (Å²) in [4.78, 5) is 24.9. The number of carbonyl (C=O) groups is 2. The Labute approximate surface area is 125 Å². The third-order valence-corrected chi connectivity index (χ3v) is 3.63. The molecule has 0 spiro atoms. The highest BCUT2D eigenvalue weighted by atomic mass is 32.2. The summed E-state index contributed by atoms with van der Waals surface area (Å²) in [5.41, 5.74) is 0.595. The molecule has 0 N–H and O–H groups in total. The Morgan fingerprint density at radius 3 is 2.50 bits per heavy atom. The van der Waals surface area contributed by atoms with Crippen molar-refractivity contribution in [2.75, 3.05) is 5.75 Å². The van der Waals surface area contributed by atoms with E-state index >= 15 is 0 Å². The second-order valence-corrected chi connectivity index (χ2v) is 6.88. The highest BCUT2D eigenvalue weighted by molar-refractivity contribution is 8.00. The van der Waals surface area contributed by atoms with E-state index in [1.807, 2.05) is 31.2 Å². The van der Waals surface area contributed by atoms with Crippen LogP contribution >= 0.6 is 11.8 Å². The monoisotopic (exact) mass is 294 g/mol. The fraction of sp³-hybridized carbons (Fsp3) is 0.500. The smallest absolute Gasteiger partial charge is 0.316 e. The van der Waals surface area contributed by atoms with Gasteiger partial charge in [0.1, 0.15) is 11.5 Å². The van der Waals surface area contributed by atoms with Crippen LogP contribution in [0.25, 0.3) is 0 Å². The van der Waals surface area contributed by atoms with E-state index < -0.39 is 17.5 Å². The number of hydrogen-bond donors (Lipinski definition) is 0. The average Bonchev–Trinajstić information content (AvgIpc) is 2.33. The third-order valence-electron chi connectivity index (χ3n) is 2.61. The number of thioether (sulfide) groups is 1. The van der Waals surface area contributed by atoms with Crippen molar-refractivity contribution >= 4 is 23.5 Å². The first kappa shape index (κ1) is 16.8. The molecule has 1 atom stereocenters. The Balaban J connectivity index is 2.52. The zero-order valence-corrected chi connectivity index (χ0v) is 13.5. The van der Waals surface area contributed by atoms with Crippen LogP contribution in [0.5, 0.6) is 0 Å². The molecule has 0 amide bonds. The van der Waals surface area contributed by atoms with Crippen LogP contribution in [0.3, 0.4) is 0 Å². The molecule has 3 nitrogen and oxygen atoms in total. The molecule has 110 valence electrons. The summed E-state index contributed by atoms with van der Waals surface area (Å²) in [6.07, 6.45) is 0. The molecule has 0 heterocycles. The minimum atomic E-state index is -0.716. The first-order valence-corrected chi connectivity index (χ1v) is 7.62. The lowest BCUT2D eigenvalue weighted by molar-refractivity contribution is -0.160. The van der Waals surface area contributed by atoms with Crippen LogP contribution in [0.2, 0.25) is 0 Å². The number of ketones is 1. The molecule has 1 aromatic carbocycles. The number of hydrogen-bond acceptors (Lipinski definition) is 4. The van der Waals surface area contributed by atoms with Crippen molar-refractivity contribution in [3.05, 3.63) is 29.8 Å². The third kappa shape index (κ3) is 5.78. The van der Waals surface area contributed by atoms with Crippen LogP contribution in [0.4, 0.5) is 0 Å². The molecule has 20 heavy (non-hydrogen) atoms. The highest BCUT2D eigenvalue weighted by Gasteiger charge is 2.26. The molecule has 0 bridgehead atoms. The summed E-state index contributed by atoms with van der Waals surface area (Å²) in [6.45, 7) is 9.00. The van der Waals surface area contributed by atoms with Crippen molar-refractivity contribution in [3.8, 4) is 0 Å². The molecule has 0 aliphatic rings. The summed E-state index contributed by atoms with van der Waals surface area (Å²) >= 11 is 1.45. The maximum atomic E-state index is 12.0. The van der Waals surface area contributed by atoms with Crippen LogP contribution in [0, 0.1) is 12.8 Å². The number of Topliss-reactive ketones (excluding diaryl/α,β-unsaturated/α-hetero) is 1. The van der Waals surface area contributed by atoms with E-state index in [0.717, 1.165) is 10.5 Å². The number of aryl methyl sites for hydroxylation is 1. The number of esters is 1. The van der Waals surface area contributed by atoms with Gasteiger partial charge >= 0.3 is 5.97 Å². The van der Waals surface area contributed by atoms with Crippen LogP contribution in [-0.2, 0) is 14.3 Å². The normalized spacial score (nSPS) is 12.8. The zero-order chi connectivity index (χ0) is 15.3. The number of ether oxygens (including phenoxy) is 1. The Hall–Kier alpha value is -1.29. The Kier molecular flexibility index (Phi) is 5.81. The van der Waals surface area contributed by atoms with Crippen LogP contribution < -0.4 is 0 Å². The largest absolute Gasteiger partial charge is 0.459 e. The van der Waals surface area contributed by atoms with Gasteiger partial charge in [-0.1, -0.05) is 17.7 Å². The SMILES string of the molecule is Cc1cccc(SCC(=O)C(C)C(=O)OC(C)(C)C)c1. The fourth-order valence-corrected chi connectivity index (χ4v) is 2.51. The maximum Gasteiger partial charge on any atom is 0.316 e. The van der Waals surface area contributed by atoms with Gasteiger partial charge in [0.05, 0.1) is 5.75 Å². The lowest BCUT2D eigenvalue weighted by Crippen LogP contribution is -2.31. The molecule has 0 aliphatic heterocycles. The zero-order valence-electron chi connectivity index (χ0n) is 12.7. The van der Waals surface area contributed by atoms with Gasteiger partial charge in [0.15, 0.2) is 5.78 Å². The Morgan fingerprint density at radius 2 is 1.95 bits per heavy atom. The number of carbonyl (C=O) groups excluding carboxylic acids is 2. The molecule has 0 fully saturated rings. The molecular formula is C16H22O3S. The van der Waals surface area contributed by atoms with E-state index in [1.54, 1.807) is 27.7 Å². The summed E-state index contributed by atoms with van der Waals surface area (Å²) < 4.78 is 5.22. The van der Waals surface area contributed by atoms with Crippen LogP contribution in [0.15, 0.2) is 29.2 Å². The summed E-state index contributed by atoms with van der Waals surface area (Å²) in [7, 11) is 0. The Morgan fingerprint density at radius 1 is 1.30 bits per heavy atom. The topological polar surface area (TPSA) is 43.4 Å². The second kappa shape index (κ2) is 6.93. The van der Waals surface area contributed by atoms with E-state index in [1.165, 1.54) is 11.8 Å². The number of rotatable bonds is 5. The fourth-order valence-electron chi connectivity index (χ4n) is 1.51. The van der Waals surface area contributed by atoms with Crippen LogP contribution in [-0.4, -0.2) is 23.1 Å². The predicted molar refractivity (Wildman–Crippen MR) is 81.9 cm³/mol. The first-order chi connectivity index (χ1) is 9.19. The summed E-state index contributed by atoms with van der Waals surface area (Å²) in [6, 6.07) is 7.95. The summed E-state index contributed by atoms with van der Waals surface area (Å²) in [5.74, 6) is -0.992. The standard InChI is InChI=1S/C16H22O3S/c1-11-7-6-8-13(9-11)20-10-14(17)12(2)15(18)19-16(3,4)5/h6-9,12H,10H2,1-5H3. The molecule has 0 saturated heterocycles. The van der Waals surface area contributed by atoms with Gasteiger partial charge in [-0.25, -0.2) is 0 Å². The van der Waals surface area contributed by atoms with Crippen LogP contribution in [0.1, 0.15) is 33.3 Å². The molecule has 0 radical (unpaired) electrons. The van der Waals surface area contributed by atoms with Crippen molar-refractivity contribution in [3.63, 3.8) is 0 Å². The molecule has 4 heteroatoms. The van der Waals surface area contributed by atoms with E-state index in [2.05, 4.69) is 0 Å². The second-order valence-electron chi connectivity index (χ2n) is 5.83. The minimum Gasteiger partial charge on any atom is -0.459 e. The van der Waals surface area contributed by atoms with Gasteiger partial charge in [-0.05, 0) is 46.8 Å². The molecule has 1 rings (SSSR count). The quantitative estimate of drug-likeness (QED) is 0.472. The van der Waals surface area contributed by atoms with E-state index in [-0.39, 0.29) is 11.5 Å². The van der Waals surface area contributed by atoms with Gasteiger partial charge in [0.2, 0.25) is 0 Å². The van der Waals surface area contributed by atoms with E-state index in [9.17, 15) is 9.59 Å². The van der Waals surface area contributed by atoms with Gasteiger partial charge in [0, 0.05) is 4.90 Å². The van der Waals surface area contributed by atoms with Crippen molar-refractivity contribution < 1.29 is 14.3 Å². The lowest BCUT2D eigenvalue weighted by Gasteiger charge is -2.21. The van der Waals surface area contributed by atoms with Crippen molar-refractivity contribution in [1.29, 1.82) is 0 Å². The van der Waals surface area contributed by atoms with E-state index in [0.29, 0.717) is 0 Å². The molecule has 0 aliphatic carbocycles.